The second kappa shape index (κ2) is 7.89. The van der Waals surface area contributed by atoms with Crippen molar-refractivity contribution in [1.29, 1.82) is 0 Å². The van der Waals surface area contributed by atoms with Crippen molar-refractivity contribution in [2.24, 2.45) is 17.6 Å². The zero-order chi connectivity index (χ0) is 19.8. The molecule has 0 radical (unpaired) electrons. The van der Waals surface area contributed by atoms with Gasteiger partial charge < -0.3 is 10.6 Å². The van der Waals surface area contributed by atoms with Crippen molar-refractivity contribution >= 4 is 15.9 Å². The fourth-order valence-corrected chi connectivity index (χ4v) is 6.17. The summed E-state index contributed by atoms with van der Waals surface area (Å²) in [5, 5.41) is 6.75. The minimum Gasteiger partial charge on any atom is -0.342 e. The molecular formula is C18H31N5O3S. The largest absolute Gasteiger partial charge is 0.342 e. The van der Waals surface area contributed by atoms with Gasteiger partial charge in [-0.2, -0.15) is 9.40 Å². The lowest BCUT2D eigenvalue weighted by molar-refractivity contribution is -0.138. The van der Waals surface area contributed by atoms with Gasteiger partial charge in [0.15, 0.2) is 0 Å². The monoisotopic (exact) mass is 397 g/mol. The predicted octanol–water partition coefficient (Wildman–Crippen LogP) is 1.01. The molecule has 2 unspecified atom stereocenters. The summed E-state index contributed by atoms with van der Waals surface area (Å²) in [6, 6.07) is 0.152. The van der Waals surface area contributed by atoms with Gasteiger partial charge in [0.05, 0.1) is 17.3 Å². The zero-order valence-electron chi connectivity index (χ0n) is 16.4. The molecule has 0 saturated carbocycles. The summed E-state index contributed by atoms with van der Waals surface area (Å²) in [4.78, 5) is 15.1. The van der Waals surface area contributed by atoms with Gasteiger partial charge in [-0.3, -0.25) is 9.89 Å². The smallest absolute Gasteiger partial charge is 0.246 e. The Morgan fingerprint density at radius 1 is 1.22 bits per heavy atom. The van der Waals surface area contributed by atoms with Gasteiger partial charge >= 0.3 is 0 Å². The number of nitrogens with one attached hydrogen (secondary N) is 1. The van der Waals surface area contributed by atoms with E-state index in [1.807, 2.05) is 11.8 Å². The Balaban J connectivity index is 1.68. The van der Waals surface area contributed by atoms with Crippen molar-refractivity contribution in [2.75, 3.05) is 26.2 Å². The van der Waals surface area contributed by atoms with E-state index in [0.717, 1.165) is 19.3 Å². The molecule has 2 atom stereocenters. The number of hydrogen-bond donors (Lipinski definition) is 2. The van der Waals surface area contributed by atoms with Crippen molar-refractivity contribution in [3.63, 3.8) is 0 Å². The molecule has 0 bridgehead atoms. The highest BCUT2D eigenvalue weighted by Gasteiger charge is 2.37. The van der Waals surface area contributed by atoms with Gasteiger partial charge in [0.25, 0.3) is 0 Å². The summed E-state index contributed by atoms with van der Waals surface area (Å²) in [5.74, 6) is 0.274. The van der Waals surface area contributed by atoms with E-state index in [1.54, 1.807) is 13.8 Å². The second-order valence-corrected chi connectivity index (χ2v) is 9.86. The third-order valence-electron chi connectivity index (χ3n) is 5.99. The quantitative estimate of drug-likeness (QED) is 0.787. The lowest BCUT2D eigenvalue weighted by atomic mass is 9.89. The first-order valence-electron chi connectivity index (χ1n) is 9.78. The fourth-order valence-electron chi connectivity index (χ4n) is 4.32. The molecule has 2 aliphatic heterocycles. The highest BCUT2D eigenvalue weighted by molar-refractivity contribution is 7.89. The summed E-state index contributed by atoms with van der Waals surface area (Å²) in [6.07, 6.45) is 3.28. The molecule has 1 aromatic heterocycles. The molecule has 0 aromatic carbocycles. The summed E-state index contributed by atoms with van der Waals surface area (Å²) >= 11 is 0. The standard InChI is InChI=1S/C18H31N5O3S/c1-12(19)15-6-9-22(10-7-15)18(24)16-5-4-8-23(11-16)27(25,26)17-13(2)20-21-14(17)3/h12,15-16H,4-11,19H2,1-3H3,(H,20,21). The number of carbonyl (C=O) groups is 1. The third kappa shape index (κ3) is 4.05. The molecule has 27 heavy (non-hydrogen) atoms. The van der Waals surface area contributed by atoms with E-state index in [4.69, 9.17) is 5.73 Å². The number of hydrogen-bond acceptors (Lipinski definition) is 5. The second-order valence-electron chi connectivity index (χ2n) is 7.99. The Bertz CT molecular complexity index is 761. The maximum absolute atomic E-state index is 13.1. The van der Waals surface area contributed by atoms with E-state index < -0.39 is 10.0 Å². The van der Waals surface area contributed by atoms with Crippen LogP contribution in [0.4, 0.5) is 0 Å². The molecule has 3 rings (SSSR count). The zero-order valence-corrected chi connectivity index (χ0v) is 17.3. The number of aromatic amines is 1. The maximum atomic E-state index is 13.1. The maximum Gasteiger partial charge on any atom is 0.246 e. The predicted molar refractivity (Wildman–Crippen MR) is 102 cm³/mol. The van der Waals surface area contributed by atoms with Gasteiger partial charge in [-0.05, 0) is 52.4 Å². The molecule has 1 aromatic rings. The van der Waals surface area contributed by atoms with Crippen molar-refractivity contribution in [3.05, 3.63) is 11.4 Å². The minimum atomic E-state index is -3.64. The first-order valence-corrected chi connectivity index (χ1v) is 11.2. The van der Waals surface area contributed by atoms with Crippen LogP contribution in [0, 0.1) is 25.7 Å². The first kappa shape index (κ1) is 20.3. The van der Waals surface area contributed by atoms with Gasteiger partial charge in [0.1, 0.15) is 4.90 Å². The number of nitrogens with zero attached hydrogens (tertiary/aromatic N) is 3. The van der Waals surface area contributed by atoms with E-state index in [-0.39, 0.29) is 29.3 Å². The molecule has 1 amide bonds. The average Bonchev–Trinajstić information content (AvgIpc) is 3.00. The van der Waals surface area contributed by atoms with Crippen LogP contribution in [-0.4, -0.2) is 65.9 Å². The number of likely N-dealkylation sites (tertiary alicyclic amines) is 1. The van der Waals surface area contributed by atoms with Gasteiger partial charge in [-0.15, -0.1) is 0 Å². The summed E-state index contributed by atoms with van der Waals surface area (Å²) in [5.41, 5.74) is 7.00. The van der Waals surface area contributed by atoms with Crippen LogP contribution < -0.4 is 5.73 Å². The lowest BCUT2D eigenvalue weighted by Crippen LogP contribution is -2.49. The molecule has 0 aliphatic carbocycles. The number of nitrogens with two attached hydrogens (primary N) is 1. The van der Waals surface area contributed by atoms with Crippen molar-refractivity contribution < 1.29 is 13.2 Å². The van der Waals surface area contributed by atoms with E-state index >= 15 is 0 Å². The van der Waals surface area contributed by atoms with E-state index in [1.165, 1.54) is 4.31 Å². The van der Waals surface area contributed by atoms with Crippen LogP contribution in [0.2, 0.25) is 0 Å². The highest BCUT2D eigenvalue weighted by atomic mass is 32.2. The number of H-pyrrole nitrogens is 1. The molecule has 9 heteroatoms. The van der Waals surface area contributed by atoms with Crippen LogP contribution in [0.5, 0.6) is 0 Å². The number of aryl methyl sites for hydroxylation is 2. The minimum absolute atomic E-state index is 0.0821. The summed E-state index contributed by atoms with van der Waals surface area (Å²) < 4.78 is 27.6. The average molecular weight is 398 g/mol. The number of aromatic nitrogens is 2. The first-order chi connectivity index (χ1) is 12.7. The number of amides is 1. The molecule has 152 valence electrons. The molecule has 0 spiro atoms. The molecule has 2 fully saturated rings. The number of piperidine rings is 2. The third-order valence-corrected chi connectivity index (χ3v) is 8.12. The molecular weight excluding hydrogens is 366 g/mol. The molecule has 2 saturated heterocycles. The normalized spacial score (nSPS) is 24.1. The van der Waals surface area contributed by atoms with Gasteiger partial charge in [-0.1, -0.05) is 0 Å². The van der Waals surface area contributed by atoms with Crippen LogP contribution in [0.1, 0.15) is 44.0 Å². The van der Waals surface area contributed by atoms with E-state index in [2.05, 4.69) is 10.2 Å². The van der Waals surface area contributed by atoms with Gasteiger partial charge in [0, 0.05) is 32.2 Å². The van der Waals surface area contributed by atoms with Crippen LogP contribution in [0.15, 0.2) is 4.90 Å². The summed E-state index contributed by atoms with van der Waals surface area (Å²) in [6.45, 7) is 7.54. The lowest BCUT2D eigenvalue weighted by Gasteiger charge is -2.38. The number of sulfonamides is 1. The van der Waals surface area contributed by atoms with Crippen LogP contribution >= 0.6 is 0 Å². The number of rotatable bonds is 4. The Kier molecular flexibility index (Phi) is 5.93. The SMILES string of the molecule is Cc1n[nH]c(C)c1S(=O)(=O)N1CCCC(C(=O)N2CCC(C(C)N)CC2)C1. The highest BCUT2D eigenvalue weighted by Crippen LogP contribution is 2.29. The molecule has 2 aliphatic rings. The Morgan fingerprint density at radius 3 is 2.44 bits per heavy atom. The van der Waals surface area contributed by atoms with Gasteiger partial charge in [-0.25, -0.2) is 8.42 Å². The molecule has 8 nitrogen and oxygen atoms in total. The van der Waals surface area contributed by atoms with Crippen molar-refractivity contribution in [2.45, 2.75) is 57.4 Å². The van der Waals surface area contributed by atoms with Crippen LogP contribution in [-0.2, 0) is 14.8 Å². The van der Waals surface area contributed by atoms with E-state index in [9.17, 15) is 13.2 Å². The van der Waals surface area contributed by atoms with Crippen LogP contribution in [0.3, 0.4) is 0 Å². The number of carbonyl (C=O) groups excluding carboxylic acids is 1. The van der Waals surface area contributed by atoms with E-state index in [0.29, 0.717) is 43.4 Å². The summed E-state index contributed by atoms with van der Waals surface area (Å²) in [7, 11) is -3.64. The van der Waals surface area contributed by atoms with Crippen LogP contribution in [0.25, 0.3) is 0 Å². The Morgan fingerprint density at radius 2 is 1.89 bits per heavy atom. The molecule has 3 N–H and O–H groups in total. The van der Waals surface area contributed by atoms with Crippen molar-refractivity contribution in [3.8, 4) is 0 Å². The van der Waals surface area contributed by atoms with Crippen molar-refractivity contribution in [1.82, 2.24) is 19.4 Å². The fraction of sp³-hybridized carbons (Fsp3) is 0.778. The Hall–Kier alpha value is -1.45. The Labute approximate surface area is 161 Å². The molecule has 3 heterocycles. The topological polar surface area (TPSA) is 112 Å². The van der Waals surface area contributed by atoms with Gasteiger partial charge in [0.2, 0.25) is 15.9 Å².